The SMILES string of the molecule is CCc1ccc(CNCc2cc(C)c(C)s2)o1. The van der Waals surface area contributed by atoms with Gasteiger partial charge in [-0.2, -0.15) is 0 Å². The maximum Gasteiger partial charge on any atom is 0.117 e. The van der Waals surface area contributed by atoms with Crippen LogP contribution in [0.25, 0.3) is 0 Å². The van der Waals surface area contributed by atoms with E-state index in [1.54, 1.807) is 0 Å². The van der Waals surface area contributed by atoms with Gasteiger partial charge in [-0.3, -0.25) is 0 Å². The lowest BCUT2D eigenvalue weighted by molar-refractivity contribution is 0.451. The zero-order valence-corrected chi connectivity index (χ0v) is 11.5. The molecule has 0 spiro atoms. The van der Waals surface area contributed by atoms with E-state index >= 15 is 0 Å². The molecule has 0 saturated carbocycles. The summed E-state index contributed by atoms with van der Waals surface area (Å²) in [4.78, 5) is 2.80. The maximum atomic E-state index is 5.64. The van der Waals surface area contributed by atoms with Crippen molar-refractivity contribution >= 4 is 11.3 Å². The van der Waals surface area contributed by atoms with Crippen molar-refractivity contribution in [2.45, 2.75) is 40.3 Å². The van der Waals surface area contributed by atoms with Gasteiger partial charge in [0.1, 0.15) is 11.5 Å². The molecular weight excluding hydrogens is 230 g/mol. The molecule has 0 bridgehead atoms. The Bertz CT molecular complexity index is 465. The number of aryl methyl sites for hydroxylation is 3. The molecular formula is C14H19NOS. The van der Waals surface area contributed by atoms with E-state index in [0.29, 0.717) is 0 Å². The number of hydrogen-bond donors (Lipinski definition) is 1. The molecule has 0 aromatic carbocycles. The first-order chi connectivity index (χ1) is 8.19. The van der Waals surface area contributed by atoms with Crippen LogP contribution in [0.1, 0.15) is 33.8 Å². The minimum Gasteiger partial charge on any atom is -0.465 e. The van der Waals surface area contributed by atoms with Crippen LogP contribution in [0.15, 0.2) is 22.6 Å². The number of thiophene rings is 1. The van der Waals surface area contributed by atoms with E-state index in [-0.39, 0.29) is 0 Å². The zero-order valence-electron chi connectivity index (χ0n) is 10.7. The lowest BCUT2D eigenvalue weighted by Gasteiger charge is -2.00. The predicted octanol–water partition coefficient (Wildman–Crippen LogP) is 3.81. The third kappa shape index (κ3) is 3.20. The first-order valence-electron chi connectivity index (χ1n) is 6.03. The summed E-state index contributed by atoms with van der Waals surface area (Å²) in [6, 6.07) is 6.36. The molecule has 2 heterocycles. The second-order valence-electron chi connectivity index (χ2n) is 4.28. The number of nitrogens with one attached hydrogen (secondary N) is 1. The summed E-state index contributed by atoms with van der Waals surface area (Å²) in [6.07, 6.45) is 0.962. The molecule has 2 rings (SSSR count). The monoisotopic (exact) mass is 249 g/mol. The minimum absolute atomic E-state index is 0.802. The van der Waals surface area contributed by atoms with E-state index in [1.807, 2.05) is 11.3 Å². The van der Waals surface area contributed by atoms with Crippen LogP contribution in [0, 0.1) is 13.8 Å². The van der Waals surface area contributed by atoms with Gasteiger partial charge in [0, 0.05) is 22.7 Å². The fourth-order valence-electron chi connectivity index (χ4n) is 1.75. The highest BCUT2D eigenvalue weighted by molar-refractivity contribution is 7.12. The summed E-state index contributed by atoms with van der Waals surface area (Å²) in [5.74, 6) is 2.08. The fourth-order valence-corrected chi connectivity index (χ4v) is 2.78. The molecule has 0 atom stereocenters. The van der Waals surface area contributed by atoms with Crippen LogP contribution in [0.3, 0.4) is 0 Å². The average Bonchev–Trinajstić information content (AvgIpc) is 2.87. The Labute approximate surface area is 107 Å². The molecule has 17 heavy (non-hydrogen) atoms. The Morgan fingerprint density at radius 2 is 1.94 bits per heavy atom. The van der Waals surface area contributed by atoms with Gasteiger partial charge in [0.25, 0.3) is 0 Å². The van der Waals surface area contributed by atoms with Crippen LogP contribution in [-0.4, -0.2) is 0 Å². The van der Waals surface area contributed by atoms with Crippen LogP contribution in [-0.2, 0) is 19.5 Å². The van der Waals surface area contributed by atoms with Crippen molar-refractivity contribution in [2.24, 2.45) is 0 Å². The Hall–Kier alpha value is -1.06. The van der Waals surface area contributed by atoms with E-state index in [0.717, 1.165) is 31.0 Å². The summed E-state index contributed by atoms with van der Waals surface area (Å²) in [5, 5.41) is 3.41. The van der Waals surface area contributed by atoms with Crippen molar-refractivity contribution in [3.8, 4) is 0 Å². The first-order valence-corrected chi connectivity index (χ1v) is 6.85. The lowest BCUT2D eigenvalue weighted by Crippen LogP contribution is -2.11. The molecule has 0 unspecified atom stereocenters. The molecule has 3 heteroatoms. The van der Waals surface area contributed by atoms with Crippen molar-refractivity contribution in [1.82, 2.24) is 5.32 Å². The van der Waals surface area contributed by atoms with Crippen LogP contribution >= 0.6 is 11.3 Å². The van der Waals surface area contributed by atoms with Crippen molar-refractivity contribution in [3.05, 3.63) is 45.0 Å². The summed E-state index contributed by atoms with van der Waals surface area (Å²) >= 11 is 1.87. The van der Waals surface area contributed by atoms with Gasteiger partial charge < -0.3 is 9.73 Å². The second kappa shape index (κ2) is 5.52. The van der Waals surface area contributed by atoms with Crippen molar-refractivity contribution < 1.29 is 4.42 Å². The van der Waals surface area contributed by atoms with E-state index in [2.05, 4.69) is 44.3 Å². The van der Waals surface area contributed by atoms with Gasteiger partial charge >= 0.3 is 0 Å². The third-order valence-corrected chi connectivity index (χ3v) is 4.03. The molecule has 0 radical (unpaired) electrons. The molecule has 0 amide bonds. The standard InChI is InChI=1S/C14H19NOS/c1-4-12-5-6-13(16-12)8-15-9-14-7-10(2)11(3)17-14/h5-7,15H,4,8-9H2,1-3H3. The number of furan rings is 1. The normalized spacial score (nSPS) is 11.0. The van der Waals surface area contributed by atoms with Crippen LogP contribution in [0.4, 0.5) is 0 Å². The van der Waals surface area contributed by atoms with E-state index in [1.165, 1.54) is 15.3 Å². The molecule has 2 aromatic rings. The second-order valence-corrected chi connectivity index (χ2v) is 5.62. The molecule has 1 N–H and O–H groups in total. The molecule has 2 nitrogen and oxygen atoms in total. The third-order valence-electron chi connectivity index (χ3n) is 2.88. The molecule has 0 aliphatic carbocycles. The number of rotatable bonds is 5. The van der Waals surface area contributed by atoms with Gasteiger partial charge in [-0.25, -0.2) is 0 Å². The van der Waals surface area contributed by atoms with Crippen LogP contribution in [0.5, 0.6) is 0 Å². The van der Waals surface area contributed by atoms with E-state index in [9.17, 15) is 0 Å². The van der Waals surface area contributed by atoms with Crippen LogP contribution in [0.2, 0.25) is 0 Å². The van der Waals surface area contributed by atoms with Crippen molar-refractivity contribution in [3.63, 3.8) is 0 Å². The van der Waals surface area contributed by atoms with Gasteiger partial charge in [0.05, 0.1) is 6.54 Å². The molecule has 92 valence electrons. The Balaban J connectivity index is 1.83. The van der Waals surface area contributed by atoms with Crippen molar-refractivity contribution in [1.29, 1.82) is 0 Å². The van der Waals surface area contributed by atoms with Gasteiger partial charge in [0.15, 0.2) is 0 Å². The highest BCUT2D eigenvalue weighted by Gasteiger charge is 2.03. The number of hydrogen-bond acceptors (Lipinski definition) is 3. The minimum atomic E-state index is 0.802. The maximum absolute atomic E-state index is 5.64. The summed E-state index contributed by atoms with van der Waals surface area (Å²) in [6.45, 7) is 8.16. The topological polar surface area (TPSA) is 25.2 Å². The highest BCUT2D eigenvalue weighted by atomic mass is 32.1. The van der Waals surface area contributed by atoms with Gasteiger partial charge in [-0.05, 0) is 37.6 Å². The van der Waals surface area contributed by atoms with Gasteiger partial charge in [0.2, 0.25) is 0 Å². The summed E-state index contributed by atoms with van der Waals surface area (Å²) in [7, 11) is 0. The fraction of sp³-hybridized carbons (Fsp3) is 0.429. The average molecular weight is 249 g/mol. The Morgan fingerprint density at radius 1 is 1.18 bits per heavy atom. The van der Waals surface area contributed by atoms with Gasteiger partial charge in [-0.15, -0.1) is 11.3 Å². The van der Waals surface area contributed by atoms with Crippen molar-refractivity contribution in [2.75, 3.05) is 0 Å². The molecule has 0 aliphatic rings. The first kappa shape index (κ1) is 12.4. The molecule has 2 aromatic heterocycles. The Morgan fingerprint density at radius 3 is 2.53 bits per heavy atom. The quantitative estimate of drug-likeness (QED) is 0.871. The van der Waals surface area contributed by atoms with Crippen LogP contribution < -0.4 is 5.32 Å². The van der Waals surface area contributed by atoms with E-state index < -0.39 is 0 Å². The Kier molecular flexibility index (Phi) is 4.02. The van der Waals surface area contributed by atoms with E-state index in [4.69, 9.17) is 4.42 Å². The largest absolute Gasteiger partial charge is 0.465 e. The summed E-state index contributed by atoms with van der Waals surface area (Å²) < 4.78 is 5.64. The molecule has 0 fully saturated rings. The smallest absolute Gasteiger partial charge is 0.117 e. The molecule has 0 aliphatic heterocycles. The lowest BCUT2D eigenvalue weighted by atomic mass is 10.3. The molecule has 0 saturated heterocycles. The van der Waals surface area contributed by atoms with Gasteiger partial charge in [-0.1, -0.05) is 6.92 Å². The summed E-state index contributed by atoms with van der Waals surface area (Å²) in [5.41, 5.74) is 1.39. The highest BCUT2D eigenvalue weighted by Crippen LogP contribution is 2.20. The predicted molar refractivity (Wildman–Crippen MR) is 72.4 cm³/mol. The zero-order chi connectivity index (χ0) is 12.3.